The van der Waals surface area contributed by atoms with Crippen molar-refractivity contribution in [2.45, 2.75) is 51.2 Å². The van der Waals surface area contributed by atoms with E-state index in [0.29, 0.717) is 28.2 Å². The Kier molecular flexibility index (Phi) is 6.40. The summed E-state index contributed by atoms with van der Waals surface area (Å²) in [7, 11) is -3.21. The van der Waals surface area contributed by atoms with Gasteiger partial charge in [-0.15, -0.1) is 0 Å². The summed E-state index contributed by atoms with van der Waals surface area (Å²) in [6, 6.07) is 3.43. The number of carbonyl (C=O) groups is 2. The monoisotopic (exact) mass is 511 g/mol. The van der Waals surface area contributed by atoms with Crippen LogP contribution in [-0.4, -0.2) is 42.2 Å². The zero-order valence-corrected chi connectivity index (χ0v) is 20.4. The highest BCUT2D eigenvalue weighted by molar-refractivity contribution is 9.10. The molecule has 1 unspecified atom stereocenters. The van der Waals surface area contributed by atoms with Crippen molar-refractivity contribution in [3.8, 4) is 0 Å². The van der Waals surface area contributed by atoms with Crippen LogP contribution in [-0.2, 0) is 19.3 Å². The molecule has 168 valence electrons. The molecule has 3 rings (SSSR count). The highest BCUT2D eigenvalue weighted by Gasteiger charge is 2.42. The largest absolute Gasteiger partial charge is 0.462 e. The van der Waals surface area contributed by atoms with Crippen LogP contribution >= 0.6 is 15.9 Å². The first-order valence-corrected chi connectivity index (χ1v) is 12.4. The number of esters is 1. The number of sulfone groups is 1. The van der Waals surface area contributed by atoms with Crippen molar-refractivity contribution >= 4 is 48.7 Å². The molecule has 0 radical (unpaired) electrons. The smallest absolute Gasteiger partial charge is 0.423 e. The first-order valence-electron chi connectivity index (χ1n) is 9.99. The van der Waals surface area contributed by atoms with E-state index in [9.17, 15) is 18.0 Å². The van der Waals surface area contributed by atoms with Crippen molar-refractivity contribution in [2.75, 3.05) is 12.4 Å². The summed E-state index contributed by atoms with van der Waals surface area (Å²) in [5.41, 5.74) is 1.39. The van der Waals surface area contributed by atoms with Gasteiger partial charge < -0.3 is 9.47 Å². The van der Waals surface area contributed by atoms with Gasteiger partial charge in [-0.1, -0.05) is 22.5 Å². The number of allylic oxidation sites excluding steroid dienone is 1. The van der Waals surface area contributed by atoms with Crippen molar-refractivity contribution in [2.24, 2.45) is 0 Å². The van der Waals surface area contributed by atoms with Crippen molar-refractivity contribution < 1.29 is 27.5 Å². The highest BCUT2D eigenvalue weighted by atomic mass is 79.9. The normalized spacial score (nSPS) is 19.7. The molecular formula is C22H26BrNO6S. The third-order valence-electron chi connectivity index (χ3n) is 5.60. The molecule has 0 spiro atoms. The highest BCUT2D eigenvalue weighted by Crippen LogP contribution is 2.43. The number of rotatable bonds is 4. The Morgan fingerprint density at radius 1 is 1.32 bits per heavy atom. The standard InChI is InChI=1S/C22H26BrNO6S/c1-6-29-20(25)17-10-15(23)9-16-18(12-24(19(16)17)21(26)30-13(2)3)14-7-8-31(27,28)22(4,5)11-14/h9-10,12,14H,2,6-8,11H2,1,3-5H3. The van der Waals surface area contributed by atoms with E-state index in [1.165, 1.54) is 4.57 Å². The molecule has 0 bridgehead atoms. The van der Waals surface area contributed by atoms with E-state index >= 15 is 0 Å². The van der Waals surface area contributed by atoms with Gasteiger partial charge in [-0.05, 0) is 64.2 Å². The minimum absolute atomic E-state index is 0.0618. The topological polar surface area (TPSA) is 91.7 Å². The first kappa shape index (κ1) is 23.5. The number of benzene rings is 1. The van der Waals surface area contributed by atoms with Gasteiger partial charge in [0.15, 0.2) is 9.84 Å². The number of hydrogen-bond acceptors (Lipinski definition) is 6. The van der Waals surface area contributed by atoms with Gasteiger partial charge in [-0.3, -0.25) is 4.57 Å². The third kappa shape index (κ3) is 4.43. The van der Waals surface area contributed by atoms with Crippen LogP contribution in [0.4, 0.5) is 4.79 Å². The van der Waals surface area contributed by atoms with Crippen LogP contribution in [0.1, 0.15) is 62.4 Å². The van der Waals surface area contributed by atoms with Gasteiger partial charge in [0.1, 0.15) is 0 Å². The molecule has 1 aromatic carbocycles. The molecule has 1 fully saturated rings. The molecular weight excluding hydrogens is 486 g/mol. The maximum absolute atomic E-state index is 12.8. The van der Waals surface area contributed by atoms with Crippen LogP contribution in [0.25, 0.3) is 10.9 Å². The lowest BCUT2D eigenvalue weighted by atomic mass is 9.87. The van der Waals surface area contributed by atoms with E-state index in [4.69, 9.17) is 9.47 Å². The predicted molar refractivity (Wildman–Crippen MR) is 122 cm³/mol. The fraction of sp³-hybridized carbons (Fsp3) is 0.455. The molecule has 7 nitrogen and oxygen atoms in total. The number of halogens is 1. The quantitative estimate of drug-likeness (QED) is 0.415. The summed E-state index contributed by atoms with van der Waals surface area (Å²) in [6.45, 7) is 10.5. The molecule has 0 aliphatic carbocycles. The SMILES string of the molecule is C=C(C)OC(=O)n1cc(C2CCS(=O)(=O)C(C)(C)C2)c2cc(Br)cc(C(=O)OCC)c21. The minimum Gasteiger partial charge on any atom is -0.462 e. The Morgan fingerprint density at radius 2 is 2.00 bits per heavy atom. The zero-order chi connectivity index (χ0) is 23.1. The van der Waals surface area contributed by atoms with E-state index < -0.39 is 26.6 Å². The molecule has 1 aliphatic heterocycles. The lowest BCUT2D eigenvalue weighted by molar-refractivity contribution is 0.0528. The van der Waals surface area contributed by atoms with Gasteiger partial charge in [0.25, 0.3) is 0 Å². The number of aromatic nitrogens is 1. The Morgan fingerprint density at radius 3 is 2.58 bits per heavy atom. The van der Waals surface area contributed by atoms with E-state index in [2.05, 4.69) is 22.5 Å². The lowest BCUT2D eigenvalue weighted by Gasteiger charge is -2.34. The molecule has 1 saturated heterocycles. The minimum atomic E-state index is -3.21. The zero-order valence-electron chi connectivity index (χ0n) is 18.0. The second kappa shape index (κ2) is 8.43. The molecule has 2 aromatic rings. The van der Waals surface area contributed by atoms with Gasteiger partial charge in [0.2, 0.25) is 0 Å². The second-order valence-corrected chi connectivity index (χ2v) is 12.0. The van der Waals surface area contributed by atoms with E-state index in [1.54, 1.807) is 40.0 Å². The van der Waals surface area contributed by atoms with Gasteiger partial charge in [-0.25, -0.2) is 18.0 Å². The van der Waals surface area contributed by atoms with Crippen LogP contribution in [0.2, 0.25) is 0 Å². The van der Waals surface area contributed by atoms with Crippen LogP contribution in [0.3, 0.4) is 0 Å². The lowest BCUT2D eigenvalue weighted by Crippen LogP contribution is -2.40. The van der Waals surface area contributed by atoms with Crippen molar-refractivity contribution in [3.63, 3.8) is 0 Å². The Balaban J connectivity index is 2.25. The molecule has 0 saturated carbocycles. The Hall–Kier alpha value is -2.13. The number of ether oxygens (including phenoxy) is 2. The number of nitrogens with zero attached hydrogens (tertiary/aromatic N) is 1. The molecule has 0 amide bonds. The summed E-state index contributed by atoms with van der Waals surface area (Å²) in [6.07, 6.45) is 1.79. The average molecular weight is 512 g/mol. The van der Waals surface area contributed by atoms with Gasteiger partial charge >= 0.3 is 12.1 Å². The number of hydrogen-bond donors (Lipinski definition) is 0. The van der Waals surface area contributed by atoms with Crippen molar-refractivity contribution in [1.29, 1.82) is 0 Å². The summed E-state index contributed by atoms with van der Waals surface area (Å²) in [4.78, 5) is 25.5. The van der Waals surface area contributed by atoms with Crippen LogP contribution in [0.15, 0.2) is 35.1 Å². The summed E-state index contributed by atoms with van der Waals surface area (Å²) >= 11 is 3.44. The maximum Gasteiger partial charge on any atom is 0.423 e. The van der Waals surface area contributed by atoms with E-state index in [-0.39, 0.29) is 29.6 Å². The van der Waals surface area contributed by atoms with Gasteiger partial charge in [0.05, 0.1) is 33.9 Å². The molecule has 1 atom stereocenters. The predicted octanol–water partition coefficient (Wildman–Crippen LogP) is 5.17. The number of carbonyl (C=O) groups excluding carboxylic acids is 2. The number of fused-ring (bicyclic) bond motifs is 1. The molecule has 1 aliphatic rings. The van der Waals surface area contributed by atoms with Crippen LogP contribution in [0, 0.1) is 0 Å². The summed E-state index contributed by atoms with van der Waals surface area (Å²) in [5.74, 6) is -0.390. The fourth-order valence-corrected chi connectivity index (χ4v) is 6.11. The molecule has 1 aromatic heterocycles. The van der Waals surface area contributed by atoms with E-state index in [0.717, 1.165) is 5.56 Å². The van der Waals surface area contributed by atoms with E-state index in [1.807, 2.05) is 6.07 Å². The molecule has 31 heavy (non-hydrogen) atoms. The third-order valence-corrected chi connectivity index (χ3v) is 8.68. The van der Waals surface area contributed by atoms with Crippen molar-refractivity contribution in [1.82, 2.24) is 4.57 Å². The summed E-state index contributed by atoms with van der Waals surface area (Å²) < 4.78 is 36.4. The maximum atomic E-state index is 12.8. The fourth-order valence-electron chi connectivity index (χ4n) is 4.05. The van der Waals surface area contributed by atoms with Crippen molar-refractivity contribution in [3.05, 3.63) is 46.3 Å². The average Bonchev–Trinajstić information content (AvgIpc) is 3.02. The molecule has 9 heteroatoms. The van der Waals surface area contributed by atoms with Gasteiger partial charge in [0, 0.05) is 16.1 Å². The molecule has 2 heterocycles. The Labute approximate surface area is 190 Å². The molecule has 0 N–H and O–H groups in total. The first-order chi connectivity index (χ1) is 14.4. The van der Waals surface area contributed by atoms with Crippen LogP contribution < -0.4 is 0 Å². The summed E-state index contributed by atoms with van der Waals surface area (Å²) in [5, 5.41) is 0.677. The van der Waals surface area contributed by atoms with Crippen LogP contribution in [0.5, 0.6) is 0 Å². The Bertz CT molecular complexity index is 1180. The second-order valence-electron chi connectivity index (χ2n) is 8.36. The van der Waals surface area contributed by atoms with Gasteiger partial charge in [-0.2, -0.15) is 0 Å².